The van der Waals surface area contributed by atoms with Crippen LogP contribution in [-0.2, 0) is 11.2 Å². The highest BCUT2D eigenvalue weighted by atomic mass is 16.3. The predicted molar refractivity (Wildman–Crippen MR) is 88.4 cm³/mol. The number of hydrogen-bond acceptors (Lipinski definition) is 4. The van der Waals surface area contributed by atoms with Crippen molar-refractivity contribution in [2.75, 3.05) is 6.61 Å². The summed E-state index contributed by atoms with van der Waals surface area (Å²) in [4.78, 5) is 16.6. The van der Waals surface area contributed by atoms with Crippen LogP contribution >= 0.6 is 0 Å². The van der Waals surface area contributed by atoms with E-state index in [9.17, 15) is 9.90 Å². The summed E-state index contributed by atoms with van der Waals surface area (Å²) in [5.41, 5.74) is 2.61. The Kier molecular flexibility index (Phi) is 5.50. The zero-order valence-corrected chi connectivity index (χ0v) is 14.1. The summed E-state index contributed by atoms with van der Waals surface area (Å²) in [7, 11) is 0. The fourth-order valence-corrected chi connectivity index (χ4v) is 2.47. The van der Waals surface area contributed by atoms with Crippen molar-refractivity contribution in [3.05, 3.63) is 41.3 Å². The molecule has 0 aliphatic heterocycles. The second-order valence-electron chi connectivity index (χ2n) is 6.03. The average molecular weight is 316 g/mol. The van der Waals surface area contributed by atoms with Crippen molar-refractivity contribution < 1.29 is 9.90 Å². The van der Waals surface area contributed by atoms with Crippen LogP contribution in [0.25, 0.3) is 5.82 Å². The lowest BCUT2D eigenvalue weighted by Gasteiger charge is -2.19. The van der Waals surface area contributed by atoms with Crippen LogP contribution in [0.4, 0.5) is 0 Å². The number of aromatic nitrogens is 3. The van der Waals surface area contributed by atoms with Crippen molar-refractivity contribution in [3.8, 4) is 5.82 Å². The zero-order valence-electron chi connectivity index (χ0n) is 14.1. The molecule has 1 amide bonds. The molecule has 0 aromatic carbocycles. The van der Waals surface area contributed by atoms with E-state index in [1.807, 2.05) is 45.9 Å². The summed E-state index contributed by atoms with van der Waals surface area (Å²) in [5.74, 6) is 0.807. The highest BCUT2D eigenvalue weighted by molar-refractivity contribution is 5.79. The summed E-state index contributed by atoms with van der Waals surface area (Å²) in [6.45, 7) is 7.70. The molecule has 2 aromatic rings. The summed E-state index contributed by atoms with van der Waals surface area (Å²) < 4.78 is 1.75. The summed E-state index contributed by atoms with van der Waals surface area (Å²) in [5, 5.41) is 16.7. The number of nitrogens with zero attached hydrogens (tertiary/aromatic N) is 3. The van der Waals surface area contributed by atoms with Gasteiger partial charge in [0.2, 0.25) is 5.91 Å². The largest absolute Gasteiger partial charge is 0.394 e. The molecule has 1 atom stereocenters. The van der Waals surface area contributed by atoms with Crippen LogP contribution in [0, 0.1) is 19.8 Å². The number of aryl methyl sites for hydroxylation is 1. The molecule has 6 nitrogen and oxygen atoms in total. The number of aliphatic hydroxyl groups is 1. The Morgan fingerprint density at radius 1 is 1.35 bits per heavy atom. The van der Waals surface area contributed by atoms with E-state index in [1.165, 1.54) is 0 Å². The Bertz CT molecular complexity index is 665. The summed E-state index contributed by atoms with van der Waals surface area (Å²) in [6.07, 6.45) is 1.96. The minimum Gasteiger partial charge on any atom is -0.394 e. The van der Waals surface area contributed by atoms with Gasteiger partial charge in [-0.1, -0.05) is 19.9 Å². The number of aliphatic hydroxyl groups excluding tert-OH is 1. The highest BCUT2D eigenvalue weighted by Gasteiger charge is 2.19. The first kappa shape index (κ1) is 17.1. The van der Waals surface area contributed by atoms with E-state index in [0.29, 0.717) is 0 Å². The molecule has 124 valence electrons. The molecule has 2 rings (SSSR count). The van der Waals surface area contributed by atoms with Gasteiger partial charge in [0.25, 0.3) is 0 Å². The predicted octanol–water partition coefficient (Wildman–Crippen LogP) is 1.56. The fraction of sp³-hybridized carbons (Fsp3) is 0.471. The summed E-state index contributed by atoms with van der Waals surface area (Å²) >= 11 is 0. The Labute approximate surface area is 136 Å². The maximum absolute atomic E-state index is 12.3. The van der Waals surface area contributed by atoms with Gasteiger partial charge in [-0.05, 0) is 31.9 Å². The second-order valence-corrected chi connectivity index (χ2v) is 6.03. The molecule has 6 heteroatoms. The lowest BCUT2D eigenvalue weighted by Crippen LogP contribution is -2.41. The van der Waals surface area contributed by atoms with Crippen LogP contribution in [0.3, 0.4) is 0 Å². The van der Waals surface area contributed by atoms with E-state index in [0.717, 1.165) is 22.8 Å². The molecule has 0 saturated heterocycles. The van der Waals surface area contributed by atoms with Crippen molar-refractivity contribution in [1.82, 2.24) is 20.1 Å². The summed E-state index contributed by atoms with van der Waals surface area (Å²) in [6, 6.07) is 5.41. The quantitative estimate of drug-likeness (QED) is 0.847. The molecule has 1 unspecified atom stereocenters. The number of carbonyl (C=O) groups is 1. The van der Waals surface area contributed by atoms with Gasteiger partial charge >= 0.3 is 0 Å². The van der Waals surface area contributed by atoms with Gasteiger partial charge in [0.1, 0.15) is 0 Å². The van der Waals surface area contributed by atoms with Gasteiger partial charge in [-0.3, -0.25) is 4.79 Å². The molecule has 2 N–H and O–H groups in total. The third-order valence-corrected chi connectivity index (χ3v) is 3.99. The smallest absolute Gasteiger partial charge is 0.224 e. The van der Waals surface area contributed by atoms with Gasteiger partial charge in [-0.15, -0.1) is 0 Å². The molecule has 2 aromatic heterocycles. The first-order valence-corrected chi connectivity index (χ1v) is 7.80. The zero-order chi connectivity index (χ0) is 17.0. The first-order valence-electron chi connectivity index (χ1n) is 7.80. The minimum atomic E-state index is -0.228. The standard InChI is InChI=1S/C17H24N4O2/c1-11(2)15(10-22)19-17(23)9-14-12(3)20-21(13(14)4)16-7-5-6-8-18-16/h5-8,11,15,22H,9-10H2,1-4H3,(H,19,23). The highest BCUT2D eigenvalue weighted by Crippen LogP contribution is 2.17. The maximum atomic E-state index is 12.3. The van der Waals surface area contributed by atoms with Crippen LogP contribution in [0.5, 0.6) is 0 Å². The van der Waals surface area contributed by atoms with Crippen molar-refractivity contribution in [3.63, 3.8) is 0 Å². The van der Waals surface area contributed by atoms with Crippen molar-refractivity contribution in [2.45, 2.75) is 40.2 Å². The van der Waals surface area contributed by atoms with E-state index >= 15 is 0 Å². The number of hydrogen-bond donors (Lipinski definition) is 2. The molecular weight excluding hydrogens is 292 g/mol. The normalized spacial score (nSPS) is 12.4. The SMILES string of the molecule is Cc1nn(-c2ccccn2)c(C)c1CC(=O)NC(CO)C(C)C. The number of rotatable bonds is 6. The van der Waals surface area contributed by atoms with E-state index in [2.05, 4.69) is 15.4 Å². The molecular formula is C17H24N4O2. The Balaban J connectivity index is 2.18. The molecule has 2 heterocycles. The van der Waals surface area contributed by atoms with Crippen LogP contribution in [0.1, 0.15) is 30.8 Å². The monoisotopic (exact) mass is 316 g/mol. The lowest BCUT2D eigenvalue weighted by atomic mass is 10.0. The Morgan fingerprint density at radius 3 is 2.65 bits per heavy atom. The molecule has 0 bridgehead atoms. The third kappa shape index (κ3) is 3.96. The maximum Gasteiger partial charge on any atom is 0.224 e. The molecule has 0 radical (unpaired) electrons. The van der Waals surface area contributed by atoms with Crippen LogP contribution in [0.2, 0.25) is 0 Å². The van der Waals surface area contributed by atoms with Gasteiger partial charge in [0.05, 0.1) is 24.8 Å². The van der Waals surface area contributed by atoms with Gasteiger partial charge < -0.3 is 10.4 Å². The fourth-order valence-electron chi connectivity index (χ4n) is 2.47. The first-order chi connectivity index (χ1) is 10.9. The van der Waals surface area contributed by atoms with E-state index < -0.39 is 0 Å². The lowest BCUT2D eigenvalue weighted by molar-refractivity contribution is -0.121. The average Bonchev–Trinajstić information content (AvgIpc) is 2.81. The van der Waals surface area contributed by atoms with E-state index in [4.69, 9.17) is 0 Å². The van der Waals surface area contributed by atoms with Crippen LogP contribution in [0.15, 0.2) is 24.4 Å². The minimum absolute atomic E-state index is 0.0609. The van der Waals surface area contributed by atoms with Gasteiger partial charge in [0.15, 0.2) is 5.82 Å². The molecule has 0 saturated carbocycles. The molecule has 0 aliphatic carbocycles. The van der Waals surface area contributed by atoms with Crippen molar-refractivity contribution in [1.29, 1.82) is 0 Å². The third-order valence-electron chi connectivity index (χ3n) is 3.99. The Hall–Kier alpha value is -2.21. The second kappa shape index (κ2) is 7.37. The van der Waals surface area contributed by atoms with Gasteiger partial charge in [-0.2, -0.15) is 5.10 Å². The number of pyridine rings is 1. The number of carbonyl (C=O) groups excluding carboxylic acids is 1. The van der Waals surface area contributed by atoms with E-state index in [-0.39, 0.29) is 30.9 Å². The number of amides is 1. The van der Waals surface area contributed by atoms with E-state index in [1.54, 1.807) is 10.9 Å². The Morgan fingerprint density at radius 2 is 2.09 bits per heavy atom. The molecule has 23 heavy (non-hydrogen) atoms. The van der Waals surface area contributed by atoms with Crippen LogP contribution < -0.4 is 5.32 Å². The topological polar surface area (TPSA) is 80.0 Å². The van der Waals surface area contributed by atoms with Crippen molar-refractivity contribution >= 4 is 5.91 Å². The van der Waals surface area contributed by atoms with Crippen LogP contribution in [-0.4, -0.2) is 38.4 Å². The molecule has 0 aliphatic rings. The van der Waals surface area contributed by atoms with Gasteiger partial charge in [-0.25, -0.2) is 9.67 Å². The van der Waals surface area contributed by atoms with Crippen molar-refractivity contribution in [2.24, 2.45) is 5.92 Å². The van der Waals surface area contributed by atoms with Gasteiger partial charge in [0, 0.05) is 17.5 Å². The number of nitrogens with one attached hydrogen (secondary N) is 1. The molecule has 0 spiro atoms. The molecule has 0 fully saturated rings.